The van der Waals surface area contributed by atoms with E-state index in [4.69, 9.17) is 9.47 Å². The van der Waals surface area contributed by atoms with Gasteiger partial charge in [-0.1, -0.05) is 12.8 Å². The summed E-state index contributed by atoms with van der Waals surface area (Å²) in [4.78, 5) is 8.53. The Kier molecular flexibility index (Phi) is 5.39. The van der Waals surface area contributed by atoms with E-state index in [1.54, 1.807) is 19.5 Å². The highest BCUT2D eigenvalue weighted by Crippen LogP contribution is 2.25. The number of aromatic nitrogens is 2. The summed E-state index contributed by atoms with van der Waals surface area (Å²) in [5.41, 5.74) is 0. The first-order valence-corrected chi connectivity index (χ1v) is 6.99. The maximum Gasteiger partial charge on any atom is 0.234 e. The zero-order chi connectivity index (χ0) is 13.5. The van der Waals surface area contributed by atoms with Crippen molar-refractivity contribution in [2.75, 3.05) is 25.6 Å². The zero-order valence-electron chi connectivity index (χ0n) is 11.8. The maximum absolute atomic E-state index is 5.72. The fraction of sp³-hybridized carbons (Fsp3) is 0.714. The van der Waals surface area contributed by atoms with Gasteiger partial charge in [-0.2, -0.15) is 4.98 Å². The van der Waals surface area contributed by atoms with Crippen molar-refractivity contribution in [1.29, 1.82) is 0 Å². The Balaban J connectivity index is 1.80. The average molecular weight is 265 g/mol. The molecule has 1 aromatic heterocycles. The van der Waals surface area contributed by atoms with Gasteiger partial charge in [-0.25, -0.2) is 0 Å². The van der Waals surface area contributed by atoms with E-state index in [0.29, 0.717) is 18.3 Å². The largest absolute Gasteiger partial charge is 0.476 e. The first-order chi connectivity index (χ1) is 9.28. The lowest BCUT2D eigenvalue weighted by Gasteiger charge is -2.13. The van der Waals surface area contributed by atoms with Gasteiger partial charge in [0.1, 0.15) is 5.82 Å². The van der Waals surface area contributed by atoms with Gasteiger partial charge in [-0.3, -0.25) is 4.98 Å². The van der Waals surface area contributed by atoms with Crippen LogP contribution in [0.15, 0.2) is 12.4 Å². The molecule has 106 valence electrons. The highest BCUT2D eigenvalue weighted by atomic mass is 16.5. The monoisotopic (exact) mass is 265 g/mol. The van der Waals surface area contributed by atoms with E-state index in [1.165, 1.54) is 25.7 Å². The molecule has 5 heteroatoms. The highest BCUT2D eigenvalue weighted by Gasteiger charge is 2.15. The summed E-state index contributed by atoms with van der Waals surface area (Å²) in [7, 11) is 1.69. The molecule has 1 aromatic rings. The molecule has 5 nitrogen and oxygen atoms in total. The molecule has 0 radical (unpaired) electrons. The van der Waals surface area contributed by atoms with E-state index in [2.05, 4.69) is 15.3 Å². The summed E-state index contributed by atoms with van der Waals surface area (Å²) in [6, 6.07) is 0. The average Bonchev–Trinajstić information content (AvgIpc) is 2.96. The van der Waals surface area contributed by atoms with Crippen molar-refractivity contribution in [3.8, 4) is 5.88 Å². The Morgan fingerprint density at radius 1 is 1.37 bits per heavy atom. The molecule has 0 amide bonds. The van der Waals surface area contributed by atoms with E-state index < -0.39 is 0 Å². The van der Waals surface area contributed by atoms with E-state index in [1.807, 2.05) is 6.92 Å². The number of methoxy groups -OCH3 is 1. The molecule has 0 spiro atoms. The van der Waals surface area contributed by atoms with E-state index in [-0.39, 0.29) is 6.10 Å². The molecule has 19 heavy (non-hydrogen) atoms. The molecule has 1 unspecified atom stereocenters. The fourth-order valence-electron chi connectivity index (χ4n) is 2.21. The van der Waals surface area contributed by atoms with Crippen LogP contribution in [0, 0.1) is 5.92 Å². The molecule has 2 rings (SSSR count). The van der Waals surface area contributed by atoms with Gasteiger partial charge in [0.15, 0.2) is 0 Å². The van der Waals surface area contributed by atoms with Crippen molar-refractivity contribution >= 4 is 5.82 Å². The Labute approximate surface area is 114 Å². The molecular formula is C14H23N3O2. The normalized spacial score (nSPS) is 17.4. The van der Waals surface area contributed by atoms with Crippen molar-refractivity contribution in [2.24, 2.45) is 5.92 Å². The molecule has 1 aliphatic rings. The smallest absolute Gasteiger partial charge is 0.234 e. The lowest BCUT2D eigenvalue weighted by atomic mass is 10.1. The van der Waals surface area contributed by atoms with E-state index in [9.17, 15) is 0 Å². The molecule has 1 fully saturated rings. The number of nitrogens with zero attached hydrogens (tertiary/aromatic N) is 2. The third kappa shape index (κ3) is 4.67. The second-order valence-corrected chi connectivity index (χ2v) is 5.13. The van der Waals surface area contributed by atoms with Gasteiger partial charge in [0, 0.05) is 13.7 Å². The van der Waals surface area contributed by atoms with Crippen molar-refractivity contribution in [2.45, 2.75) is 38.7 Å². The molecule has 1 heterocycles. The summed E-state index contributed by atoms with van der Waals surface area (Å²) in [5.74, 6) is 2.02. The van der Waals surface area contributed by atoms with Gasteiger partial charge in [0.05, 0.1) is 25.1 Å². The van der Waals surface area contributed by atoms with Crippen LogP contribution in [-0.4, -0.2) is 36.3 Å². The number of hydrogen-bond acceptors (Lipinski definition) is 5. The Bertz CT molecular complexity index is 381. The molecule has 1 atom stereocenters. The lowest BCUT2D eigenvalue weighted by Crippen LogP contribution is -2.19. The second-order valence-electron chi connectivity index (χ2n) is 5.13. The third-order valence-electron chi connectivity index (χ3n) is 3.53. The van der Waals surface area contributed by atoms with E-state index in [0.717, 1.165) is 12.4 Å². The summed E-state index contributed by atoms with van der Waals surface area (Å²) < 4.78 is 10.9. The molecule has 0 bridgehead atoms. The number of rotatable bonds is 7. The van der Waals surface area contributed by atoms with Crippen LogP contribution in [0.25, 0.3) is 0 Å². The summed E-state index contributed by atoms with van der Waals surface area (Å²) in [5, 5.41) is 3.19. The first kappa shape index (κ1) is 14.1. The van der Waals surface area contributed by atoms with Crippen molar-refractivity contribution < 1.29 is 9.47 Å². The molecule has 1 N–H and O–H groups in total. The minimum atomic E-state index is 0.143. The van der Waals surface area contributed by atoms with Crippen LogP contribution in [0.3, 0.4) is 0 Å². The van der Waals surface area contributed by atoms with Crippen molar-refractivity contribution in [3.05, 3.63) is 12.4 Å². The van der Waals surface area contributed by atoms with Crippen LogP contribution in [0.4, 0.5) is 5.82 Å². The number of nitrogens with one attached hydrogen (secondary N) is 1. The van der Waals surface area contributed by atoms with Crippen LogP contribution in [0.2, 0.25) is 0 Å². The highest BCUT2D eigenvalue weighted by molar-refractivity contribution is 5.33. The molecule has 1 saturated carbocycles. The predicted molar refractivity (Wildman–Crippen MR) is 74.4 cm³/mol. The van der Waals surface area contributed by atoms with Gasteiger partial charge in [0.25, 0.3) is 0 Å². The van der Waals surface area contributed by atoms with Crippen molar-refractivity contribution in [1.82, 2.24) is 9.97 Å². The SMILES string of the molecule is COC(C)CNc1cncc(OCC2CCCC2)n1. The number of ether oxygens (including phenoxy) is 2. The van der Waals surface area contributed by atoms with Gasteiger partial charge >= 0.3 is 0 Å². The Hall–Kier alpha value is -1.36. The molecule has 0 aliphatic heterocycles. The van der Waals surface area contributed by atoms with Crippen LogP contribution in [-0.2, 0) is 4.74 Å². The zero-order valence-corrected chi connectivity index (χ0v) is 11.8. The van der Waals surface area contributed by atoms with Crippen molar-refractivity contribution in [3.63, 3.8) is 0 Å². The molecule has 1 aliphatic carbocycles. The quantitative estimate of drug-likeness (QED) is 0.821. The Morgan fingerprint density at radius 3 is 2.89 bits per heavy atom. The minimum Gasteiger partial charge on any atom is -0.476 e. The van der Waals surface area contributed by atoms with Crippen LogP contribution >= 0.6 is 0 Å². The van der Waals surface area contributed by atoms with Gasteiger partial charge < -0.3 is 14.8 Å². The van der Waals surface area contributed by atoms with Crippen LogP contribution < -0.4 is 10.1 Å². The predicted octanol–water partition coefficient (Wildman–Crippen LogP) is 2.49. The summed E-state index contributed by atoms with van der Waals surface area (Å²) in [6.45, 7) is 3.46. The van der Waals surface area contributed by atoms with Crippen LogP contribution in [0.1, 0.15) is 32.6 Å². The minimum absolute atomic E-state index is 0.143. The van der Waals surface area contributed by atoms with Crippen LogP contribution in [0.5, 0.6) is 5.88 Å². The number of anilines is 1. The van der Waals surface area contributed by atoms with Gasteiger partial charge in [0.2, 0.25) is 5.88 Å². The second kappa shape index (κ2) is 7.28. The molecular weight excluding hydrogens is 242 g/mol. The Morgan fingerprint density at radius 2 is 2.16 bits per heavy atom. The summed E-state index contributed by atoms with van der Waals surface area (Å²) >= 11 is 0. The van der Waals surface area contributed by atoms with E-state index >= 15 is 0 Å². The lowest BCUT2D eigenvalue weighted by molar-refractivity contribution is 0.128. The first-order valence-electron chi connectivity index (χ1n) is 6.99. The van der Waals surface area contributed by atoms with Gasteiger partial charge in [-0.15, -0.1) is 0 Å². The molecule has 0 saturated heterocycles. The summed E-state index contributed by atoms with van der Waals surface area (Å²) in [6.07, 6.45) is 8.72. The third-order valence-corrected chi connectivity index (χ3v) is 3.53. The standard InChI is InChI=1S/C14H23N3O2/c1-11(18-2)7-16-13-8-15-9-14(17-13)19-10-12-5-3-4-6-12/h8-9,11-12H,3-7,10H2,1-2H3,(H,16,17). The maximum atomic E-state index is 5.72. The number of hydrogen-bond donors (Lipinski definition) is 1. The fourth-order valence-corrected chi connectivity index (χ4v) is 2.21. The topological polar surface area (TPSA) is 56.3 Å². The van der Waals surface area contributed by atoms with Gasteiger partial charge in [-0.05, 0) is 25.7 Å². The molecule has 0 aromatic carbocycles.